The van der Waals surface area contributed by atoms with Crippen LogP contribution in [0.2, 0.25) is 0 Å². The largest absolute Gasteiger partial charge is 0.464 e. The van der Waals surface area contributed by atoms with Crippen LogP contribution in [-0.4, -0.2) is 44.4 Å². The summed E-state index contributed by atoms with van der Waals surface area (Å²) in [6.45, 7) is 8.04. The summed E-state index contributed by atoms with van der Waals surface area (Å²) in [5.41, 5.74) is -4.57. The first kappa shape index (κ1) is 27.4. The number of anilines is 1. The Morgan fingerprint density at radius 3 is 2.31 bits per heavy atom. The normalized spacial score (nSPS) is 13.2. The van der Waals surface area contributed by atoms with Gasteiger partial charge in [0.25, 0.3) is 10.1 Å². The summed E-state index contributed by atoms with van der Waals surface area (Å²) in [5, 5.41) is 2.05. The number of halogens is 3. The highest BCUT2D eigenvalue weighted by molar-refractivity contribution is 7.86. The van der Waals surface area contributed by atoms with Crippen molar-refractivity contribution < 1.29 is 44.8 Å². The van der Waals surface area contributed by atoms with Gasteiger partial charge < -0.3 is 9.47 Å². The maximum Gasteiger partial charge on any atom is 0.418 e. The van der Waals surface area contributed by atoms with Gasteiger partial charge in [0.05, 0.1) is 30.3 Å². The van der Waals surface area contributed by atoms with E-state index in [2.05, 4.69) is 21.6 Å². The third-order valence-electron chi connectivity index (χ3n) is 3.60. The lowest BCUT2D eigenvalue weighted by molar-refractivity contribution is -0.139. The molecule has 0 saturated heterocycles. The number of allylic oxidation sites excluding steroid dienone is 1. The van der Waals surface area contributed by atoms with Crippen LogP contribution < -0.4 is 5.32 Å². The average molecular weight is 482 g/mol. The molecule has 0 aliphatic heterocycles. The molecule has 1 heterocycles. The molecule has 1 unspecified atom stereocenters. The van der Waals surface area contributed by atoms with Crippen molar-refractivity contribution in [3.63, 3.8) is 0 Å². The second-order valence-corrected chi connectivity index (χ2v) is 9.19. The number of methoxy groups -OCH3 is 1. The predicted molar refractivity (Wildman–Crippen MR) is 109 cm³/mol. The minimum absolute atomic E-state index is 0.0879. The van der Waals surface area contributed by atoms with Gasteiger partial charge in [-0.05, 0) is 39.7 Å². The van der Waals surface area contributed by atoms with Crippen molar-refractivity contribution in [1.82, 2.24) is 4.98 Å². The molecule has 1 aromatic heterocycles. The Hall–Kier alpha value is -2.67. The molecule has 1 amide bonds. The van der Waals surface area contributed by atoms with E-state index < -0.39 is 62.7 Å². The van der Waals surface area contributed by atoms with Crippen LogP contribution in [0.3, 0.4) is 0 Å². The van der Waals surface area contributed by atoms with Crippen LogP contribution in [0.15, 0.2) is 18.7 Å². The first-order valence-electron chi connectivity index (χ1n) is 9.18. The van der Waals surface area contributed by atoms with Gasteiger partial charge in [0.2, 0.25) is 0 Å². The summed E-state index contributed by atoms with van der Waals surface area (Å²) in [6, 6.07) is 0.449. The molecule has 1 aromatic rings. The quantitative estimate of drug-likeness (QED) is 0.332. The fourth-order valence-electron chi connectivity index (χ4n) is 2.47. The van der Waals surface area contributed by atoms with Crippen molar-refractivity contribution in [3.8, 4) is 0 Å². The second kappa shape index (κ2) is 10.3. The van der Waals surface area contributed by atoms with Crippen molar-refractivity contribution in [2.75, 3.05) is 18.7 Å². The van der Waals surface area contributed by atoms with Gasteiger partial charge in [-0.2, -0.15) is 21.6 Å². The number of aromatic nitrogens is 1. The number of hydrogen-bond acceptors (Lipinski definition) is 8. The summed E-state index contributed by atoms with van der Waals surface area (Å²) in [5.74, 6) is -1.17. The van der Waals surface area contributed by atoms with E-state index in [1.165, 1.54) is 26.8 Å². The molecule has 0 radical (unpaired) electrons. The van der Waals surface area contributed by atoms with E-state index in [0.29, 0.717) is 12.3 Å². The van der Waals surface area contributed by atoms with E-state index in [1.807, 2.05) is 0 Å². The molecule has 0 saturated carbocycles. The molecule has 0 aromatic carbocycles. The van der Waals surface area contributed by atoms with Crippen molar-refractivity contribution in [3.05, 3.63) is 35.7 Å². The number of rotatable bonds is 8. The smallest absolute Gasteiger partial charge is 0.418 e. The van der Waals surface area contributed by atoms with Crippen LogP contribution in [0, 0.1) is 0 Å². The van der Waals surface area contributed by atoms with Gasteiger partial charge in [-0.15, -0.1) is 6.58 Å². The first-order chi connectivity index (χ1) is 14.5. The van der Waals surface area contributed by atoms with Crippen molar-refractivity contribution in [2.45, 2.75) is 51.5 Å². The summed E-state index contributed by atoms with van der Waals surface area (Å²) in [4.78, 5) is 28.0. The summed E-state index contributed by atoms with van der Waals surface area (Å²) in [7, 11) is -3.24. The monoisotopic (exact) mass is 482 g/mol. The Kier molecular flexibility index (Phi) is 8.81. The lowest BCUT2D eigenvalue weighted by Gasteiger charge is -2.23. The molecular formula is C19H25F3N2O7S. The van der Waals surface area contributed by atoms with Crippen molar-refractivity contribution in [1.29, 1.82) is 0 Å². The number of ether oxygens (including phenoxy) is 2. The number of nitrogens with zero attached hydrogens (tertiary/aromatic N) is 1. The first-order valence-corrected chi connectivity index (χ1v) is 11.0. The van der Waals surface area contributed by atoms with Crippen molar-refractivity contribution >= 4 is 27.9 Å². The van der Waals surface area contributed by atoms with E-state index in [9.17, 15) is 31.2 Å². The highest BCUT2D eigenvalue weighted by Gasteiger charge is 2.39. The minimum atomic E-state index is -5.03. The maximum atomic E-state index is 13.8. The Balaban J connectivity index is 3.73. The van der Waals surface area contributed by atoms with Crippen molar-refractivity contribution in [2.24, 2.45) is 0 Å². The van der Waals surface area contributed by atoms with Gasteiger partial charge in [0, 0.05) is 0 Å². The summed E-state index contributed by atoms with van der Waals surface area (Å²) >= 11 is 0. The molecule has 0 fully saturated rings. The molecule has 1 rings (SSSR count). The molecule has 1 N–H and O–H groups in total. The third kappa shape index (κ3) is 8.46. The number of amides is 1. The van der Waals surface area contributed by atoms with Gasteiger partial charge in [-0.1, -0.05) is 6.08 Å². The Morgan fingerprint density at radius 1 is 1.28 bits per heavy atom. The molecular weight excluding hydrogens is 457 g/mol. The van der Waals surface area contributed by atoms with Gasteiger partial charge in [-0.3, -0.25) is 9.50 Å². The predicted octanol–water partition coefficient (Wildman–Crippen LogP) is 4.22. The second-order valence-electron chi connectivity index (χ2n) is 7.59. The molecule has 32 heavy (non-hydrogen) atoms. The molecule has 13 heteroatoms. The molecule has 0 aliphatic rings. The number of carbonyl (C=O) groups is 2. The third-order valence-corrected chi connectivity index (χ3v) is 4.18. The SMILES string of the molecule is C=CCCC(OS(C)(=O)=O)c1nc(C(=O)OC)c(NC(=O)OC(C)(C)C)cc1C(F)(F)F. The molecule has 0 aliphatic carbocycles. The number of alkyl halides is 3. The highest BCUT2D eigenvalue weighted by atomic mass is 32.2. The van der Waals surface area contributed by atoms with E-state index in [4.69, 9.17) is 8.92 Å². The van der Waals surface area contributed by atoms with Gasteiger partial charge in [-0.25, -0.2) is 14.6 Å². The van der Waals surface area contributed by atoms with E-state index in [1.54, 1.807) is 0 Å². The molecule has 0 bridgehead atoms. The van der Waals surface area contributed by atoms with E-state index >= 15 is 0 Å². The zero-order chi connectivity index (χ0) is 24.9. The zero-order valence-corrected chi connectivity index (χ0v) is 19.0. The number of pyridine rings is 1. The fourth-order valence-corrected chi connectivity index (χ4v) is 3.08. The number of carbonyl (C=O) groups excluding carboxylic acids is 2. The lowest BCUT2D eigenvalue weighted by Crippen LogP contribution is -2.29. The average Bonchev–Trinajstić information content (AvgIpc) is 2.61. The number of nitrogens with one attached hydrogen (secondary N) is 1. The standard InChI is InChI=1S/C19H25F3N2O7S/c1-7-8-9-13(31-32(6,27)28)14-11(19(20,21)22)10-12(15(24-14)16(25)29-5)23-17(26)30-18(2,3)4/h7,10,13H,1,8-9H2,2-6H3,(H,23,26). The lowest BCUT2D eigenvalue weighted by atomic mass is 10.0. The van der Waals surface area contributed by atoms with Crippen LogP contribution in [0.4, 0.5) is 23.7 Å². The van der Waals surface area contributed by atoms with E-state index in [0.717, 1.165) is 7.11 Å². The fraction of sp³-hybridized carbons (Fsp3) is 0.526. The van der Waals surface area contributed by atoms with Crippen LogP contribution in [0.5, 0.6) is 0 Å². The zero-order valence-electron chi connectivity index (χ0n) is 18.2. The molecule has 9 nitrogen and oxygen atoms in total. The molecule has 0 spiro atoms. The Morgan fingerprint density at radius 2 is 1.88 bits per heavy atom. The number of hydrogen-bond donors (Lipinski definition) is 1. The Labute approximate surface area is 184 Å². The molecule has 180 valence electrons. The Bertz CT molecular complexity index is 970. The maximum absolute atomic E-state index is 13.8. The van der Waals surface area contributed by atoms with Crippen LogP contribution in [0.1, 0.15) is 61.5 Å². The van der Waals surface area contributed by atoms with Crippen LogP contribution in [0.25, 0.3) is 0 Å². The van der Waals surface area contributed by atoms with Gasteiger partial charge in [0.1, 0.15) is 11.7 Å². The van der Waals surface area contributed by atoms with Gasteiger partial charge >= 0.3 is 18.2 Å². The summed E-state index contributed by atoms with van der Waals surface area (Å²) < 4.78 is 79.2. The minimum Gasteiger partial charge on any atom is -0.464 e. The summed E-state index contributed by atoms with van der Waals surface area (Å²) in [6.07, 6.45) is -5.97. The van der Waals surface area contributed by atoms with E-state index in [-0.39, 0.29) is 12.8 Å². The van der Waals surface area contributed by atoms with Gasteiger partial charge in [0.15, 0.2) is 5.69 Å². The molecule has 1 atom stereocenters. The number of esters is 1. The van der Waals surface area contributed by atoms with Crippen LogP contribution >= 0.6 is 0 Å². The van der Waals surface area contributed by atoms with Crippen LogP contribution in [-0.2, 0) is 30.0 Å². The highest BCUT2D eigenvalue weighted by Crippen LogP contribution is 2.39. The topological polar surface area (TPSA) is 121 Å².